The maximum Gasteiger partial charge on any atom is 0.268 e. The highest BCUT2D eigenvalue weighted by molar-refractivity contribution is 7.45. The highest BCUT2D eigenvalue weighted by Crippen LogP contribution is 2.38. The number of hydrogen-bond acceptors (Lipinski definition) is 6. The first kappa shape index (κ1) is 46.7. The van der Waals surface area contributed by atoms with Crippen molar-refractivity contribution >= 4 is 13.7 Å². The summed E-state index contributed by atoms with van der Waals surface area (Å²) >= 11 is 0. The molecule has 0 fully saturated rings. The third-order valence-electron chi connectivity index (χ3n) is 8.34. The van der Waals surface area contributed by atoms with Gasteiger partial charge in [0.1, 0.15) is 13.2 Å². The van der Waals surface area contributed by atoms with Gasteiger partial charge in [0.25, 0.3) is 7.82 Å². The molecule has 0 aromatic heterocycles. The molecule has 3 unspecified atom stereocenters. The lowest BCUT2D eigenvalue weighted by Crippen LogP contribution is -2.45. The Balaban J connectivity index is 4.57. The zero-order valence-electron chi connectivity index (χ0n) is 31.7. The maximum atomic E-state index is 12.8. The van der Waals surface area contributed by atoms with Crippen molar-refractivity contribution in [2.75, 3.05) is 40.9 Å². The van der Waals surface area contributed by atoms with E-state index in [1.807, 2.05) is 27.2 Å². The molecule has 0 saturated heterocycles. The van der Waals surface area contributed by atoms with Crippen molar-refractivity contribution < 1.29 is 32.9 Å². The lowest BCUT2D eigenvalue weighted by molar-refractivity contribution is -0.870. The number of likely N-dealkylation sites (N-methyl/N-ethyl adjacent to an activating group) is 1. The summed E-state index contributed by atoms with van der Waals surface area (Å²) in [7, 11) is 1.24. The van der Waals surface area contributed by atoms with Crippen LogP contribution in [0.3, 0.4) is 0 Å². The second-order valence-electron chi connectivity index (χ2n) is 14.3. The van der Waals surface area contributed by atoms with Crippen LogP contribution in [0.25, 0.3) is 0 Å². The first-order valence-electron chi connectivity index (χ1n) is 19.4. The number of phosphoric acid groups is 1. The molecule has 48 heavy (non-hydrogen) atoms. The molecule has 0 bridgehead atoms. The third-order valence-corrected chi connectivity index (χ3v) is 9.31. The molecule has 0 saturated carbocycles. The molecule has 0 aliphatic carbocycles. The van der Waals surface area contributed by atoms with Crippen LogP contribution in [0.15, 0.2) is 36.5 Å². The minimum Gasteiger partial charge on any atom is -0.756 e. The predicted molar refractivity (Wildman–Crippen MR) is 201 cm³/mol. The third kappa shape index (κ3) is 33.2. The average molecular weight is 699 g/mol. The van der Waals surface area contributed by atoms with Gasteiger partial charge in [0, 0.05) is 6.42 Å². The van der Waals surface area contributed by atoms with Crippen LogP contribution in [-0.2, 0) is 18.4 Å². The number of aliphatic hydroxyl groups excluding tert-OH is 1. The van der Waals surface area contributed by atoms with Crippen LogP contribution in [-0.4, -0.2) is 68.5 Å². The normalized spacial score (nSPS) is 15.1. The van der Waals surface area contributed by atoms with Gasteiger partial charge in [-0.05, 0) is 44.9 Å². The summed E-state index contributed by atoms with van der Waals surface area (Å²) in [5.74, 6) is -0.215. The fraction of sp³-hybridized carbons (Fsp3) is 0.821. The summed E-state index contributed by atoms with van der Waals surface area (Å²) in [6, 6.07) is -0.890. The van der Waals surface area contributed by atoms with Crippen molar-refractivity contribution in [1.29, 1.82) is 0 Å². The van der Waals surface area contributed by atoms with Crippen LogP contribution in [0.5, 0.6) is 0 Å². The van der Waals surface area contributed by atoms with E-state index in [4.69, 9.17) is 9.05 Å². The van der Waals surface area contributed by atoms with Crippen LogP contribution < -0.4 is 10.2 Å². The lowest BCUT2D eigenvalue weighted by atomic mass is 10.1. The monoisotopic (exact) mass is 699 g/mol. The minimum absolute atomic E-state index is 0.00459. The standard InChI is InChI=1S/C39H75N2O6P/c1-6-8-10-12-14-16-18-20-21-23-25-27-29-31-33-39(43)40-37(36-47-48(44,45)46-35-34-41(3,4)5)38(42)32-30-28-26-24-22-19-17-15-13-11-9-7-2/h12,14,18,20,30,32,37-38,42H,6-11,13,15-17,19,21-29,31,33-36H2,1-5H3,(H-,40,43,44,45)/b14-12-,20-18-,32-30+. The highest BCUT2D eigenvalue weighted by Gasteiger charge is 2.23. The summed E-state index contributed by atoms with van der Waals surface area (Å²) in [5, 5.41) is 13.7. The molecule has 0 aliphatic rings. The van der Waals surface area contributed by atoms with Crippen molar-refractivity contribution in [2.24, 2.45) is 0 Å². The van der Waals surface area contributed by atoms with E-state index in [0.717, 1.165) is 64.2 Å². The van der Waals surface area contributed by atoms with Gasteiger partial charge >= 0.3 is 0 Å². The van der Waals surface area contributed by atoms with Crippen LogP contribution >= 0.6 is 7.82 Å². The quantitative estimate of drug-likeness (QED) is 0.0300. The number of amides is 1. The van der Waals surface area contributed by atoms with Crippen molar-refractivity contribution in [1.82, 2.24) is 5.32 Å². The van der Waals surface area contributed by atoms with Crippen molar-refractivity contribution in [2.45, 2.75) is 167 Å². The average Bonchev–Trinajstić information content (AvgIpc) is 3.02. The zero-order chi connectivity index (χ0) is 35.8. The number of unbranched alkanes of at least 4 members (excludes halogenated alkanes) is 17. The summed E-state index contributed by atoms with van der Waals surface area (Å²) in [5.41, 5.74) is 0. The fourth-order valence-electron chi connectivity index (χ4n) is 5.17. The zero-order valence-corrected chi connectivity index (χ0v) is 32.6. The Morgan fingerprint density at radius 2 is 1.23 bits per heavy atom. The van der Waals surface area contributed by atoms with E-state index >= 15 is 0 Å². The first-order chi connectivity index (χ1) is 23.0. The molecule has 3 atom stereocenters. The van der Waals surface area contributed by atoms with E-state index in [1.54, 1.807) is 6.08 Å². The van der Waals surface area contributed by atoms with Crippen LogP contribution in [0.4, 0.5) is 0 Å². The largest absolute Gasteiger partial charge is 0.756 e. The van der Waals surface area contributed by atoms with Gasteiger partial charge in [-0.25, -0.2) is 0 Å². The van der Waals surface area contributed by atoms with Gasteiger partial charge in [0.05, 0.1) is 39.9 Å². The minimum atomic E-state index is -4.58. The molecular formula is C39H75N2O6P. The lowest BCUT2D eigenvalue weighted by Gasteiger charge is -2.29. The molecule has 1 amide bonds. The Hall–Kier alpha value is -1.28. The van der Waals surface area contributed by atoms with E-state index < -0.39 is 20.0 Å². The molecule has 0 radical (unpaired) electrons. The molecule has 8 nitrogen and oxygen atoms in total. The fourth-order valence-corrected chi connectivity index (χ4v) is 5.89. The predicted octanol–water partition coefficient (Wildman–Crippen LogP) is 9.33. The highest BCUT2D eigenvalue weighted by atomic mass is 31.2. The Kier molecular flexibility index (Phi) is 30.8. The SMILES string of the molecule is CCCC/C=C\C/C=C\CCCCCCCC(=O)NC(COP(=O)([O-])OCC[N+](C)(C)C)C(O)/C=C/CCCCCCCCCCCC. The van der Waals surface area contributed by atoms with Crippen LogP contribution in [0.1, 0.15) is 155 Å². The number of hydrogen-bond donors (Lipinski definition) is 2. The Bertz CT molecular complexity index is 886. The molecule has 0 aromatic rings. The summed E-state index contributed by atoms with van der Waals surface area (Å²) in [6.45, 7) is 4.56. The second-order valence-corrected chi connectivity index (χ2v) is 15.7. The summed E-state index contributed by atoms with van der Waals surface area (Å²) < 4.78 is 23.1. The number of quaternary nitrogens is 1. The number of aliphatic hydroxyl groups is 1. The molecule has 9 heteroatoms. The Morgan fingerprint density at radius 3 is 1.79 bits per heavy atom. The number of allylic oxidation sites excluding steroid dienone is 5. The van der Waals surface area contributed by atoms with Gasteiger partial charge in [-0.15, -0.1) is 0 Å². The van der Waals surface area contributed by atoms with Gasteiger partial charge in [-0.3, -0.25) is 9.36 Å². The topological polar surface area (TPSA) is 108 Å². The second kappa shape index (κ2) is 31.7. The summed E-state index contributed by atoms with van der Waals surface area (Å²) in [6.07, 6.45) is 36.1. The van der Waals surface area contributed by atoms with Gasteiger partial charge in [-0.2, -0.15) is 0 Å². The first-order valence-corrected chi connectivity index (χ1v) is 20.8. The molecule has 282 valence electrons. The molecular weight excluding hydrogens is 623 g/mol. The Morgan fingerprint density at radius 1 is 0.729 bits per heavy atom. The van der Waals surface area contributed by atoms with Gasteiger partial charge < -0.3 is 28.8 Å². The number of carbonyl (C=O) groups excluding carboxylic acids is 1. The van der Waals surface area contributed by atoms with E-state index in [1.165, 1.54) is 70.6 Å². The van der Waals surface area contributed by atoms with Crippen LogP contribution in [0.2, 0.25) is 0 Å². The van der Waals surface area contributed by atoms with E-state index in [-0.39, 0.29) is 19.1 Å². The molecule has 0 aliphatic heterocycles. The van der Waals surface area contributed by atoms with Crippen molar-refractivity contribution in [3.05, 3.63) is 36.5 Å². The van der Waals surface area contributed by atoms with Crippen molar-refractivity contribution in [3.8, 4) is 0 Å². The van der Waals surface area contributed by atoms with Crippen LogP contribution in [0, 0.1) is 0 Å². The molecule has 0 heterocycles. The molecule has 0 rings (SSSR count). The van der Waals surface area contributed by atoms with Gasteiger partial charge in [-0.1, -0.05) is 140 Å². The molecule has 2 N–H and O–H groups in total. The van der Waals surface area contributed by atoms with Crippen molar-refractivity contribution in [3.63, 3.8) is 0 Å². The molecule has 0 aromatic carbocycles. The van der Waals surface area contributed by atoms with E-state index in [0.29, 0.717) is 17.4 Å². The smallest absolute Gasteiger partial charge is 0.268 e. The maximum absolute atomic E-state index is 12.8. The Labute approximate surface area is 296 Å². The number of phosphoric ester groups is 1. The number of carbonyl (C=O) groups is 1. The summed E-state index contributed by atoms with van der Waals surface area (Å²) in [4.78, 5) is 25.1. The molecule has 0 spiro atoms. The van der Waals surface area contributed by atoms with E-state index in [2.05, 4.69) is 43.5 Å². The van der Waals surface area contributed by atoms with Gasteiger partial charge in [0.2, 0.25) is 5.91 Å². The number of nitrogens with zero attached hydrogens (tertiary/aromatic N) is 1. The number of nitrogens with one attached hydrogen (secondary N) is 1. The van der Waals surface area contributed by atoms with E-state index in [9.17, 15) is 19.4 Å². The van der Waals surface area contributed by atoms with Gasteiger partial charge in [0.15, 0.2) is 0 Å². The number of rotatable bonds is 34.